The first kappa shape index (κ1) is 19.8. The molecule has 0 fully saturated rings. The summed E-state index contributed by atoms with van der Waals surface area (Å²) in [7, 11) is 0. The average molecular weight is 334 g/mol. The Labute approximate surface area is 144 Å². The van der Waals surface area contributed by atoms with Gasteiger partial charge in [0.25, 0.3) is 0 Å². The van der Waals surface area contributed by atoms with E-state index in [1.807, 2.05) is 32.9 Å². The molecule has 1 aromatic rings. The number of guanidine groups is 1. The molecule has 0 aliphatic rings. The molecule has 4 N–H and O–H groups in total. The first-order valence-corrected chi connectivity index (χ1v) is 8.43. The zero-order valence-corrected chi connectivity index (χ0v) is 15.2. The number of carbonyl (C=O) groups excluding carboxylic acids is 1. The molecule has 24 heavy (non-hydrogen) atoms. The van der Waals surface area contributed by atoms with Crippen LogP contribution < -0.4 is 16.4 Å². The second-order valence-corrected chi connectivity index (χ2v) is 6.58. The quantitative estimate of drug-likeness (QED) is 0.405. The number of aliphatic imine (C=N–C) groups is 1. The fourth-order valence-corrected chi connectivity index (χ4v) is 1.95. The van der Waals surface area contributed by atoms with Gasteiger partial charge in [-0.2, -0.15) is 0 Å². The molecule has 0 saturated carbocycles. The summed E-state index contributed by atoms with van der Waals surface area (Å²) in [5.41, 5.74) is 7.61. The molecule has 1 rings (SSSR count). The highest BCUT2D eigenvalue weighted by atomic mass is 16.6. The van der Waals surface area contributed by atoms with Gasteiger partial charge in [-0.15, -0.1) is 0 Å². The first-order valence-electron chi connectivity index (χ1n) is 8.43. The second-order valence-electron chi connectivity index (χ2n) is 6.58. The van der Waals surface area contributed by atoms with Gasteiger partial charge in [-0.25, -0.2) is 4.79 Å². The van der Waals surface area contributed by atoms with Gasteiger partial charge < -0.3 is 21.1 Å². The number of ether oxygens (including phenoxy) is 1. The lowest BCUT2D eigenvalue weighted by atomic mass is 10.1. The highest BCUT2D eigenvalue weighted by Gasteiger charge is 2.15. The van der Waals surface area contributed by atoms with Gasteiger partial charge in [0.15, 0.2) is 5.96 Å². The van der Waals surface area contributed by atoms with E-state index in [4.69, 9.17) is 10.5 Å². The molecule has 0 radical (unpaired) electrons. The van der Waals surface area contributed by atoms with Crippen LogP contribution in [-0.2, 0) is 11.2 Å². The largest absolute Gasteiger partial charge is 0.444 e. The minimum absolute atomic E-state index is 0.386. The highest BCUT2D eigenvalue weighted by molar-refractivity contribution is 5.92. The summed E-state index contributed by atoms with van der Waals surface area (Å²) in [6.45, 7) is 8.82. The topological polar surface area (TPSA) is 88.7 Å². The van der Waals surface area contributed by atoms with Crippen molar-refractivity contribution >= 4 is 17.7 Å². The maximum absolute atomic E-state index is 11.5. The van der Waals surface area contributed by atoms with Crippen LogP contribution in [0, 0.1) is 0 Å². The van der Waals surface area contributed by atoms with Crippen molar-refractivity contribution in [2.75, 3.05) is 18.4 Å². The van der Waals surface area contributed by atoms with Crippen molar-refractivity contribution in [3.63, 3.8) is 0 Å². The molecule has 0 heterocycles. The zero-order valence-electron chi connectivity index (χ0n) is 15.2. The van der Waals surface area contributed by atoms with Gasteiger partial charge in [-0.1, -0.05) is 19.1 Å². The monoisotopic (exact) mass is 334 g/mol. The lowest BCUT2D eigenvalue weighted by Gasteiger charge is -2.19. The summed E-state index contributed by atoms with van der Waals surface area (Å²) in [4.78, 5) is 15.7. The number of aryl methyl sites for hydroxylation is 1. The van der Waals surface area contributed by atoms with Crippen LogP contribution >= 0.6 is 0 Å². The SMILES string of the molecule is CCc1ccc(NC(N)=NCCCCNC(=O)OC(C)(C)C)cc1. The van der Waals surface area contributed by atoms with E-state index in [9.17, 15) is 4.79 Å². The maximum Gasteiger partial charge on any atom is 0.407 e. The molecule has 0 spiro atoms. The number of nitrogens with zero attached hydrogens (tertiary/aromatic N) is 1. The van der Waals surface area contributed by atoms with Gasteiger partial charge in [0.05, 0.1) is 0 Å². The molecular weight excluding hydrogens is 304 g/mol. The van der Waals surface area contributed by atoms with E-state index in [0.717, 1.165) is 24.9 Å². The fraction of sp³-hybridized carbons (Fsp3) is 0.556. The average Bonchev–Trinajstić information content (AvgIpc) is 2.49. The molecule has 6 heteroatoms. The Hall–Kier alpha value is -2.24. The van der Waals surface area contributed by atoms with Crippen molar-refractivity contribution in [1.29, 1.82) is 0 Å². The van der Waals surface area contributed by atoms with Gasteiger partial charge in [0, 0.05) is 18.8 Å². The number of rotatable bonds is 7. The number of hydrogen-bond acceptors (Lipinski definition) is 3. The molecule has 0 aliphatic heterocycles. The van der Waals surface area contributed by atoms with Gasteiger partial charge in [-0.3, -0.25) is 4.99 Å². The summed E-state index contributed by atoms with van der Waals surface area (Å²) in [5, 5.41) is 5.79. The van der Waals surface area contributed by atoms with Gasteiger partial charge in [0.2, 0.25) is 0 Å². The molecule has 0 saturated heterocycles. The number of nitrogens with one attached hydrogen (secondary N) is 2. The number of amides is 1. The number of alkyl carbamates (subject to hydrolysis) is 1. The minimum atomic E-state index is -0.468. The van der Waals surface area contributed by atoms with Crippen molar-refractivity contribution in [3.05, 3.63) is 29.8 Å². The molecule has 0 aliphatic carbocycles. The summed E-state index contributed by atoms with van der Waals surface area (Å²) < 4.78 is 5.16. The molecule has 0 unspecified atom stereocenters. The standard InChI is InChI=1S/C18H30N4O2/c1-5-14-8-10-15(11-9-14)22-16(19)20-12-6-7-13-21-17(23)24-18(2,3)4/h8-11H,5-7,12-13H2,1-4H3,(H,21,23)(H3,19,20,22). The Kier molecular flexibility index (Phi) is 8.09. The zero-order chi connectivity index (χ0) is 18.0. The van der Waals surface area contributed by atoms with E-state index in [1.54, 1.807) is 0 Å². The van der Waals surface area contributed by atoms with Crippen molar-refractivity contribution < 1.29 is 9.53 Å². The third kappa shape index (κ3) is 9.02. The van der Waals surface area contributed by atoms with E-state index in [1.165, 1.54) is 5.56 Å². The van der Waals surface area contributed by atoms with Gasteiger partial charge in [-0.05, 0) is 57.7 Å². The van der Waals surface area contributed by atoms with E-state index < -0.39 is 5.60 Å². The molecule has 0 atom stereocenters. The highest BCUT2D eigenvalue weighted by Crippen LogP contribution is 2.09. The summed E-state index contributed by atoms with van der Waals surface area (Å²) in [6, 6.07) is 8.12. The predicted molar refractivity (Wildman–Crippen MR) is 99.4 cm³/mol. The van der Waals surface area contributed by atoms with Crippen LogP contribution in [0.25, 0.3) is 0 Å². The number of hydrogen-bond donors (Lipinski definition) is 3. The number of nitrogens with two attached hydrogens (primary N) is 1. The van der Waals surface area contributed by atoms with Crippen LogP contribution in [-0.4, -0.2) is 30.7 Å². The maximum atomic E-state index is 11.5. The first-order chi connectivity index (χ1) is 11.3. The molecule has 0 aromatic heterocycles. The van der Waals surface area contributed by atoms with E-state index >= 15 is 0 Å². The number of unbranched alkanes of at least 4 members (excludes halogenated alkanes) is 1. The molecule has 1 amide bonds. The van der Waals surface area contributed by atoms with Crippen LogP contribution in [0.3, 0.4) is 0 Å². The van der Waals surface area contributed by atoms with Crippen LogP contribution in [0.1, 0.15) is 46.1 Å². The van der Waals surface area contributed by atoms with E-state index in [0.29, 0.717) is 19.0 Å². The number of carbonyl (C=O) groups is 1. The van der Waals surface area contributed by atoms with Crippen molar-refractivity contribution in [1.82, 2.24) is 5.32 Å². The normalized spacial score (nSPS) is 11.9. The van der Waals surface area contributed by atoms with Crippen molar-refractivity contribution in [3.8, 4) is 0 Å². The molecule has 1 aromatic carbocycles. The molecular formula is C18H30N4O2. The van der Waals surface area contributed by atoms with Gasteiger partial charge >= 0.3 is 6.09 Å². The fourth-order valence-electron chi connectivity index (χ4n) is 1.95. The molecule has 134 valence electrons. The lowest BCUT2D eigenvalue weighted by molar-refractivity contribution is 0.0527. The minimum Gasteiger partial charge on any atom is -0.444 e. The summed E-state index contributed by atoms with van der Waals surface area (Å²) in [5.74, 6) is 0.402. The Morgan fingerprint density at radius 2 is 1.88 bits per heavy atom. The van der Waals surface area contributed by atoms with Crippen LogP contribution in [0.2, 0.25) is 0 Å². The Bertz CT molecular complexity index is 533. The molecule has 6 nitrogen and oxygen atoms in total. The second kappa shape index (κ2) is 9.80. The van der Waals surface area contributed by atoms with Crippen LogP contribution in [0.4, 0.5) is 10.5 Å². The number of benzene rings is 1. The van der Waals surface area contributed by atoms with E-state index in [2.05, 4.69) is 34.7 Å². The van der Waals surface area contributed by atoms with E-state index in [-0.39, 0.29) is 6.09 Å². The Morgan fingerprint density at radius 1 is 1.21 bits per heavy atom. The van der Waals surface area contributed by atoms with Crippen molar-refractivity contribution in [2.24, 2.45) is 10.7 Å². The number of anilines is 1. The van der Waals surface area contributed by atoms with Crippen molar-refractivity contribution in [2.45, 2.75) is 52.6 Å². The predicted octanol–water partition coefficient (Wildman–Crippen LogP) is 3.28. The Morgan fingerprint density at radius 3 is 2.46 bits per heavy atom. The third-order valence-corrected chi connectivity index (χ3v) is 3.17. The van der Waals surface area contributed by atoms with Crippen LogP contribution in [0.15, 0.2) is 29.3 Å². The summed E-state index contributed by atoms with van der Waals surface area (Å²) >= 11 is 0. The lowest BCUT2D eigenvalue weighted by Crippen LogP contribution is -2.33. The third-order valence-electron chi connectivity index (χ3n) is 3.17. The summed E-state index contributed by atoms with van der Waals surface area (Å²) in [6.07, 6.45) is 2.29. The van der Waals surface area contributed by atoms with Gasteiger partial charge in [0.1, 0.15) is 5.60 Å². The smallest absolute Gasteiger partial charge is 0.407 e. The van der Waals surface area contributed by atoms with Crippen LogP contribution in [0.5, 0.6) is 0 Å². The Balaban J connectivity index is 2.18. The molecule has 0 bridgehead atoms.